The summed E-state index contributed by atoms with van der Waals surface area (Å²) in [4.78, 5) is 10.8. The van der Waals surface area contributed by atoms with E-state index in [9.17, 15) is 4.79 Å². The SMILES string of the molecule is O=C(CCCCCC/C(=N\O)c1cc2ccccc2o1)NO. The summed E-state index contributed by atoms with van der Waals surface area (Å²) in [5.41, 5.74) is 2.92. The van der Waals surface area contributed by atoms with Crippen molar-refractivity contribution in [2.45, 2.75) is 38.5 Å². The molecule has 0 bridgehead atoms. The van der Waals surface area contributed by atoms with Crippen LogP contribution < -0.4 is 5.48 Å². The third-order valence-electron chi connectivity index (χ3n) is 3.52. The number of rotatable bonds is 8. The molecule has 2 rings (SSSR count). The number of carbonyl (C=O) groups is 1. The zero-order chi connectivity index (χ0) is 15.8. The molecule has 0 unspecified atom stereocenters. The van der Waals surface area contributed by atoms with Crippen molar-refractivity contribution < 1.29 is 19.6 Å². The van der Waals surface area contributed by atoms with E-state index in [1.165, 1.54) is 0 Å². The number of nitrogens with zero attached hydrogens (tertiary/aromatic N) is 1. The number of benzene rings is 1. The highest BCUT2D eigenvalue weighted by molar-refractivity contribution is 6.00. The molecule has 6 heteroatoms. The van der Waals surface area contributed by atoms with Gasteiger partial charge in [0.1, 0.15) is 11.3 Å². The Bertz CT molecular complexity index is 615. The highest BCUT2D eigenvalue weighted by Gasteiger charge is 2.10. The number of amides is 1. The largest absolute Gasteiger partial charge is 0.455 e. The predicted molar refractivity (Wildman–Crippen MR) is 82.2 cm³/mol. The van der Waals surface area contributed by atoms with E-state index in [-0.39, 0.29) is 5.91 Å². The van der Waals surface area contributed by atoms with Gasteiger partial charge in [-0.3, -0.25) is 10.0 Å². The van der Waals surface area contributed by atoms with E-state index in [0.717, 1.165) is 36.7 Å². The predicted octanol–water partition coefficient (Wildman–Crippen LogP) is 3.46. The maximum atomic E-state index is 10.8. The zero-order valence-corrected chi connectivity index (χ0v) is 12.3. The number of carbonyl (C=O) groups excluding carboxylic acids is 1. The van der Waals surface area contributed by atoms with Gasteiger partial charge in [-0.1, -0.05) is 36.2 Å². The number of fused-ring (bicyclic) bond motifs is 1. The van der Waals surface area contributed by atoms with E-state index < -0.39 is 0 Å². The van der Waals surface area contributed by atoms with Crippen LogP contribution in [0.5, 0.6) is 0 Å². The van der Waals surface area contributed by atoms with Gasteiger partial charge in [0.15, 0.2) is 5.76 Å². The highest BCUT2D eigenvalue weighted by Crippen LogP contribution is 2.21. The first-order valence-electron chi connectivity index (χ1n) is 7.37. The summed E-state index contributed by atoms with van der Waals surface area (Å²) in [5, 5.41) is 21.9. The van der Waals surface area contributed by atoms with Crippen LogP contribution in [0, 0.1) is 0 Å². The first-order chi connectivity index (χ1) is 10.7. The standard InChI is InChI=1S/C16H20N2O4/c19-16(18-21)10-4-2-1-3-8-13(17-20)15-11-12-7-5-6-9-14(12)22-15/h5-7,9,11,20-21H,1-4,8,10H2,(H,18,19)/b17-13+. The second kappa shape index (κ2) is 8.19. The van der Waals surface area contributed by atoms with E-state index >= 15 is 0 Å². The molecule has 2 aromatic rings. The lowest BCUT2D eigenvalue weighted by Crippen LogP contribution is -2.17. The molecule has 0 aliphatic rings. The summed E-state index contributed by atoms with van der Waals surface area (Å²) in [5.74, 6) is 0.225. The summed E-state index contributed by atoms with van der Waals surface area (Å²) < 4.78 is 5.67. The molecule has 6 nitrogen and oxygen atoms in total. The van der Waals surface area contributed by atoms with Crippen LogP contribution >= 0.6 is 0 Å². The molecular weight excluding hydrogens is 284 g/mol. The molecule has 1 aromatic carbocycles. The van der Waals surface area contributed by atoms with Gasteiger partial charge in [0.2, 0.25) is 5.91 Å². The molecule has 0 fully saturated rings. The summed E-state index contributed by atoms with van der Waals surface area (Å²) >= 11 is 0. The molecule has 1 aromatic heterocycles. The maximum Gasteiger partial charge on any atom is 0.243 e. The van der Waals surface area contributed by atoms with Gasteiger partial charge in [0, 0.05) is 11.8 Å². The van der Waals surface area contributed by atoms with E-state index in [0.29, 0.717) is 24.3 Å². The highest BCUT2D eigenvalue weighted by atomic mass is 16.5. The average Bonchev–Trinajstić information content (AvgIpc) is 2.97. The zero-order valence-electron chi connectivity index (χ0n) is 12.3. The van der Waals surface area contributed by atoms with Crippen LogP contribution in [-0.4, -0.2) is 22.0 Å². The fourth-order valence-electron chi connectivity index (χ4n) is 2.33. The molecule has 0 radical (unpaired) electrons. The Labute approximate surface area is 128 Å². The van der Waals surface area contributed by atoms with E-state index in [2.05, 4.69) is 5.16 Å². The van der Waals surface area contributed by atoms with Gasteiger partial charge in [-0.2, -0.15) is 0 Å². The molecule has 22 heavy (non-hydrogen) atoms. The quantitative estimate of drug-likeness (QED) is 0.229. The lowest BCUT2D eigenvalue weighted by atomic mass is 10.1. The van der Waals surface area contributed by atoms with Crippen molar-refractivity contribution in [3.63, 3.8) is 0 Å². The molecule has 1 heterocycles. The number of hydrogen-bond donors (Lipinski definition) is 3. The second-order valence-corrected chi connectivity index (χ2v) is 5.14. The lowest BCUT2D eigenvalue weighted by Gasteiger charge is -2.02. The van der Waals surface area contributed by atoms with Crippen molar-refractivity contribution >= 4 is 22.6 Å². The Kier molecular flexibility index (Phi) is 5.97. The van der Waals surface area contributed by atoms with Gasteiger partial charge < -0.3 is 9.62 Å². The third-order valence-corrected chi connectivity index (χ3v) is 3.52. The van der Waals surface area contributed by atoms with E-state index in [1.807, 2.05) is 30.3 Å². The fraction of sp³-hybridized carbons (Fsp3) is 0.375. The Balaban J connectivity index is 1.79. The van der Waals surface area contributed by atoms with Gasteiger partial charge in [-0.15, -0.1) is 0 Å². The fourth-order valence-corrected chi connectivity index (χ4v) is 2.33. The first kappa shape index (κ1) is 16.0. The Hall–Kier alpha value is -2.34. The number of hydrogen-bond acceptors (Lipinski definition) is 5. The Morgan fingerprint density at radius 2 is 1.86 bits per heavy atom. The van der Waals surface area contributed by atoms with Crippen LogP contribution in [0.1, 0.15) is 44.3 Å². The van der Waals surface area contributed by atoms with Crippen LogP contribution in [0.2, 0.25) is 0 Å². The molecule has 0 aliphatic heterocycles. The maximum absolute atomic E-state index is 10.8. The van der Waals surface area contributed by atoms with Crippen LogP contribution in [0.4, 0.5) is 0 Å². The minimum Gasteiger partial charge on any atom is -0.455 e. The molecule has 0 saturated heterocycles. The molecule has 0 spiro atoms. The van der Waals surface area contributed by atoms with Crippen molar-refractivity contribution in [3.8, 4) is 0 Å². The molecule has 0 atom stereocenters. The number of oxime groups is 1. The molecule has 118 valence electrons. The van der Waals surface area contributed by atoms with Gasteiger partial charge in [-0.25, -0.2) is 5.48 Å². The number of unbranched alkanes of at least 4 members (excludes halogenated alkanes) is 3. The minimum absolute atomic E-state index is 0.320. The van der Waals surface area contributed by atoms with Crippen molar-refractivity contribution in [1.82, 2.24) is 5.48 Å². The normalized spacial score (nSPS) is 11.8. The van der Waals surface area contributed by atoms with E-state index in [4.69, 9.17) is 14.8 Å². The summed E-state index contributed by atoms with van der Waals surface area (Å²) in [7, 11) is 0. The Morgan fingerprint density at radius 3 is 2.55 bits per heavy atom. The third kappa shape index (κ3) is 4.33. The molecule has 0 saturated carbocycles. The lowest BCUT2D eigenvalue weighted by molar-refractivity contribution is -0.129. The molecular formula is C16H20N2O4. The van der Waals surface area contributed by atoms with Crippen LogP contribution in [0.25, 0.3) is 11.0 Å². The number of furan rings is 1. The second-order valence-electron chi connectivity index (χ2n) is 5.14. The van der Waals surface area contributed by atoms with Gasteiger partial charge in [-0.05, 0) is 31.4 Å². The van der Waals surface area contributed by atoms with Crippen molar-refractivity contribution in [2.75, 3.05) is 0 Å². The van der Waals surface area contributed by atoms with Gasteiger partial charge >= 0.3 is 0 Å². The van der Waals surface area contributed by atoms with Crippen LogP contribution in [-0.2, 0) is 4.79 Å². The summed E-state index contributed by atoms with van der Waals surface area (Å²) in [6, 6.07) is 9.52. The van der Waals surface area contributed by atoms with Crippen molar-refractivity contribution in [1.29, 1.82) is 0 Å². The van der Waals surface area contributed by atoms with Gasteiger partial charge in [0.25, 0.3) is 0 Å². The topological polar surface area (TPSA) is 95.1 Å². The number of nitrogens with one attached hydrogen (secondary N) is 1. The van der Waals surface area contributed by atoms with E-state index in [1.54, 1.807) is 5.48 Å². The average molecular weight is 304 g/mol. The Morgan fingerprint density at radius 1 is 1.14 bits per heavy atom. The molecule has 1 amide bonds. The van der Waals surface area contributed by atoms with Crippen LogP contribution in [0.15, 0.2) is 39.9 Å². The summed E-state index contributed by atoms with van der Waals surface area (Å²) in [6.45, 7) is 0. The number of hydroxylamine groups is 1. The number of para-hydroxylation sites is 1. The monoisotopic (exact) mass is 304 g/mol. The van der Waals surface area contributed by atoms with Crippen molar-refractivity contribution in [3.05, 3.63) is 36.1 Å². The molecule has 3 N–H and O–H groups in total. The smallest absolute Gasteiger partial charge is 0.243 e. The van der Waals surface area contributed by atoms with Crippen molar-refractivity contribution in [2.24, 2.45) is 5.16 Å². The summed E-state index contributed by atoms with van der Waals surface area (Å²) in [6.07, 6.45) is 4.30. The first-order valence-corrected chi connectivity index (χ1v) is 7.37. The van der Waals surface area contributed by atoms with Gasteiger partial charge in [0.05, 0.1) is 0 Å². The molecule has 0 aliphatic carbocycles. The van der Waals surface area contributed by atoms with Crippen LogP contribution in [0.3, 0.4) is 0 Å². The minimum atomic E-state index is -0.361.